The van der Waals surface area contributed by atoms with Crippen molar-refractivity contribution in [3.63, 3.8) is 0 Å². The van der Waals surface area contributed by atoms with Gasteiger partial charge in [-0.15, -0.1) is 0 Å². The molecular weight excluding hydrogens is 320 g/mol. The van der Waals surface area contributed by atoms with E-state index in [0.717, 1.165) is 0 Å². The lowest BCUT2D eigenvalue weighted by molar-refractivity contribution is -0.144. The summed E-state index contributed by atoms with van der Waals surface area (Å²) in [5.74, 6) is -1.14. The molecule has 0 amide bonds. The summed E-state index contributed by atoms with van der Waals surface area (Å²) in [5.41, 5.74) is 0.507. The third-order valence-corrected chi connectivity index (χ3v) is 2.50. The smallest absolute Gasteiger partial charge is 0.333 e. The fourth-order valence-corrected chi connectivity index (χ4v) is 1.24. The van der Waals surface area contributed by atoms with Crippen LogP contribution >= 0.6 is 0 Å². The Morgan fingerprint density at radius 1 is 0.792 bits per heavy atom. The highest BCUT2D eigenvalue weighted by Gasteiger charge is 2.11. The molecule has 138 valence electrons. The Morgan fingerprint density at radius 3 is 1.42 bits per heavy atom. The minimum Gasteiger partial charge on any atom is -0.460 e. The number of carbonyl (C=O) groups is 2. The number of rotatable bonds is 13. The second kappa shape index (κ2) is 12.7. The van der Waals surface area contributed by atoms with E-state index in [4.69, 9.17) is 18.9 Å². The SMILES string of the molecule is C=C(C)C(=O)OCC(O)COCCOCC(O)COC(=O)C(=C)C. The predicted molar refractivity (Wildman–Crippen MR) is 85.2 cm³/mol. The van der Waals surface area contributed by atoms with Crippen LogP contribution in [0, 0.1) is 0 Å². The number of hydrogen-bond acceptors (Lipinski definition) is 8. The standard InChI is InChI=1S/C16H26O8/c1-11(2)15(19)23-9-13(17)7-21-5-6-22-8-14(18)10-24-16(20)12(3)4/h13-14,17-18H,1,3,5-10H2,2,4H3. The van der Waals surface area contributed by atoms with Crippen LogP contribution < -0.4 is 0 Å². The molecule has 0 spiro atoms. The lowest BCUT2D eigenvalue weighted by Gasteiger charge is -2.13. The van der Waals surface area contributed by atoms with Gasteiger partial charge in [0.15, 0.2) is 0 Å². The van der Waals surface area contributed by atoms with Crippen molar-refractivity contribution < 1.29 is 38.7 Å². The van der Waals surface area contributed by atoms with Gasteiger partial charge in [-0.25, -0.2) is 9.59 Å². The topological polar surface area (TPSA) is 112 Å². The monoisotopic (exact) mass is 346 g/mol. The minimum absolute atomic E-state index is 0.0222. The van der Waals surface area contributed by atoms with Crippen LogP contribution in [0.5, 0.6) is 0 Å². The van der Waals surface area contributed by atoms with Crippen LogP contribution in [0.4, 0.5) is 0 Å². The number of carbonyl (C=O) groups excluding carboxylic acids is 2. The molecule has 0 aromatic heterocycles. The summed E-state index contributed by atoms with van der Waals surface area (Å²) >= 11 is 0. The summed E-state index contributed by atoms with van der Waals surface area (Å²) in [5, 5.41) is 19.0. The lowest BCUT2D eigenvalue weighted by atomic mass is 10.3. The van der Waals surface area contributed by atoms with E-state index >= 15 is 0 Å². The van der Waals surface area contributed by atoms with Crippen molar-refractivity contribution in [3.05, 3.63) is 24.3 Å². The quantitative estimate of drug-likeness (QED) is 0.272. The van der Waals surface area contributed by atoms with Crippen molar-refractivity contribution in [1.29, 1.82) is 0 Å². The number of esters is 2. The zero-order valence-corrected chi connectivity index (χ0v) is 14.2. The van der Waals surface area contributed by atoms with Crippen molar-refractivity contribution in [3.8, 4) is 0 Å². The van der Waals surface area contributed by atoms with Gasteiger partial charge in [0.2, 0.25) is 0 Å². The molecule has 24 heavy (non-hydrogen) atoms. The van der Waals surface area contributed by atoms with Crippen molar-refractivity contribution in [1.82, 2.24) is 0 Å². The maximum absolute atomic E-state index is 11.1. The molecule has 0 aromatic carbocycles. The van der Waals surface area contributed by atoms with Crippen LogP contribution in [0.3, 0.4) is 0 Å². The molecule has 0 aliphatic rings. The van der Waals surface area contributed by atoms with Crippen LogP contribution in [0.25, 0.3) is 0 Å². The van der Waals surface area contributed by atoms with Gasteiger partial charge in [0.1, 0.15) is 25.4 Å². The molecule has 0 bridgehead atoms. The molecule has 2 atom stereocenters. The Kier molecular flexibility index (Phi) is 11.7. The first-order valence-corrected chi connectivity index (χ1v) is 7.41. The van der Waals surface area contributed by atoms with Crippen molar-refractivity contribution in [2.45, 2.75) is 26.1 Å². The van der Waals surface area contributed by atoms with Gasteiger partial charge in [-0.3, -0.25) is 0 Å². The molecule has 0 radical (unpaired) electrons. The molecule has 0 saturated carbocycles. The van der Waals surface area contributed by atoms with Gasteiger partial charge in [0.25, 0.3) is 0 Å². The molecule has 0 heterocycles. The van der Waals surface area contributed by atoms with Crippen LogP contribution in [-0.4, -0.2) is 74.0 Å². The molecule has 0 aliphatic carbocycles. The Labute approximate surface area is 141 Å². The Bertz CT molecular complexity index is 392. The molecule has 0 rings (SSSR count). The summed E-state index contributed by atoms with van der Waals surface area (Å²) in [6, 6.07) is 0. The maximum Gasteiger partial charge on any atom is 0.333 e. The summed E-state index contributed by atoms with van der Waals surface area (Å²) in [6.07, 6.45) is -1.89. The number of aliphatic hydroxyl groups is 2. The summed E-state index contributed by atoms with van der Waals surface area (Å²) in [7, 11) is 0. The molecule has 0 aromatic rings. The third kappa shape index (κ3) is 11.8. The van der Waals surface area contributed by atoms with Crippen LogP contribution in [-0.2, 0) is 28.5 Å². The van der Waals surface area contributed by atoms with Gasteiger partial charge in [-0.2, -0.15) is 0 Å². The first-order valence-electron chi connectivity index (χ1n) is 7.41. The van der Waals surface area contributed by atoms with Gasteiger partial charge >= 0.3 is 11.9 Å². The third-order valence-electron chi connectivity index (χ3n) is 2.50. The lowest BCUT2D eigenvalue weighted by Crippen LogP contribution is -2.26. The first kappa shape index (κ1) is 22.3. The number of hydrogen-bond donors (Lipinski definition) is 2. The Balaban J connectivity index is 3.55. The van der Waals surface area contributed by atoms with E-state index in [1.165, 1.54) is 13.8 Å². The second-order valence-electron chi connectivity index (χ2n) is 5.22. The highest BCUT2D eigenvalue weighted by molar-refractivity contribution is 5.87. The maximum atomic E-state index is 11.1. The Hall–Kier alpha value is -1.74. The van der Waals surface area contributed by atoms with Gasteiger partial charge in [0, 0.05) is 11.1 Å². The highest BCUT2D eigenvalue weighted by atomic mass is 16.6. The number of aliphatic hydroxyl groups excluding tert-OH is 2. The van der Waals surface area contributed by atoms with Crippen LogP contribution in [0.2, 0.25) is 0 Å². The summed E-state index contributed by atoms with van der Waals surface area (Å²) in [4.78, 5) is 22.2. The molecule has 8 nitrogen and oxygen atoms in total. The van der Waals surface area contributed by atoms with Gasteiger partial charge in [0.05, 0.1) is 26.4 Å². The molecule has 0 fully saturated rings. The zero-order chi connectivity index (χ0) is 18.5. The normalized spacial score (nSPS) is 13.0. The first-order chi connectivity index (χ1) is 11.2. The fourth-order valence-electron chi connectivity index (χ4n) is 1.24. The van der Waals surface area contributed by atoms with Crippen molar-refractivity contribution in [2.24, 2.45) is 0 Å². The predicted octanol–water partition coefficient (Wildman–Crippen LogP) is -0.0200. The molecular formula is C16H26O8. The van der Waals surface area contributed by atoms with Gasteiger partial charge in [-0.1, -0.05) is 13.2 Å². The zero-order valence-electron chi connectivity index (χ0n) is 14.2. The average Bonchev–Trinajstić information content (AvgIpc) is 2.52. The van der Waals surface area contributed by atoms with E-state index < -0.39 is 24.1 Å². The van der Waals surface area contributed by atoms with Crippen LogP contribution in [0.1, 0.15) is 13.8 Å². The molecule has 0 saturated heterocycles. The molecule has 8 heteroatoms. The second-order valence-corrected chi connectivity index (χ2v) is 5.22. The number of ether oxygens (including phenoxy) is 4. The van der Waals surface area contributed by atoms with E-state index in [9.17, 15) is 19.8 Å². The minimum atomic E-state index is -0.944. The fraction of sp³-hybridized carbons (Fsp3) is 0.625. The summed E-state index contributed by atoms with van der Waals surface area (Å²) in [6.45, 7) is 9.82. The average molecular weight is 346 g/mol. The van der Waals surface area contributed by atoms with Crippen molar-refractivity contribution >= 4 is 11.9 Å². The van der Waals surface area contributed by atoms with E-state index in [-0.39, 0.29) is 50.8 Å². The molecule has 0 aliphatic heterocycles. The Morgan fingerprint density at radius 2 is 1.12 bits per heavy atom. The van der Waals surface area contributed by atoms with Gasteiger partial charge < -0.3 is 29.2 Å². The van der Waals surface area contributed by atoms with E-state index in [1.807, 2.05) is 0 Å². The largest absolute Gasteiger partial charge is 0.460 e. The van der Waals surface area contributed by atoms with E-state index in [1.54, 1.807) is 0 Å². The molecule has 2 N–H and O–H groups in total. The van der Waals surface area contributed by atoms with E-state index in [2.05, 4.69) is 13.2 Å². The summed E-state index contributed by atoms with van der Waals surface area (Å²) < 4.78 is 19.8. The molecule has 2 unspecified atom stereocenters. The van der Waals surface area contributed by atoms with Crippen LogP contribution in [0.15, 0.2) is 24.3 Å². The van der Waals surface area contributed by atoms with Gasteiger partial charge in [-0.05, 0) is 13.8 Å². The highest BCUT2D eigenvalue weighted by Crippen LogP contribution is 1.96. The van der Waals surface area contributed by atoms with E-state index in [0.29, 0.717) is 0 Å². The van der Waals surface area contributed by atoms with Crippen molar-refractivity contribution in [2.75, 3.05) is 39.6 Å².